The van der Waals surface area contributed by atoms with Gasteiger partial charge in [0.1, 0.15) is 0 Å². The Morgan fingerprint density at radius 3 is 2.00 bits per heavy atom. The third-order valence-corrected chi connectivity index (χ3v) is 4.00. The summed E-state index contributed by atoms with van der Waals surface area (Å²) in [5, 5.41) is 0. The van der Waals surface area contributed by atoms with Gasteiger partial charge in [0.15, 0.2) is 6.30 Å². The first-order valence-electron chi connectivity index (χ1n) is 5.91. The van der Waals surface area contributed by atoms with Gasteiger partial charge in [-0.2, -0.15) is 0 Å². The van der Waals surface area contributed by atoms with Gasteiger partial charge in [-0.25, -0.2) is 4.39 Å². The third-order valence-electron chi connectivity index (χ3n) is 4.00. The van der Waals surface area contributed by atoms with E-state index in [0.717, 1.165) is 12.8 Å². The normalized spacial score (nSPS) is 40.9. The zero-order valence-electron chi connectivity index (χ0n) is 9.72. The first-order chi connectivity index (χ1) is 6.51. The molecule has 0 bridgehead atoms. The van der Waals surface area contributed by atoms with Crippen molar-refractivity contribution in [3.63, 3.8) is 0 Å². The Hall–Kier alpha value is -0.110. The van der Waals surface area contributed by atoms with Gasteiger partial charge < -0.3 is 5.73 Å². The van der Waals surface area contributed by atoms with Crippen LogP contribution in [0.2, 0.25) is 0 Å². The first kappa shape index (κ1) is 12.0. The second-order valence-corrected chi connectivity index (χ2v) is 5.25. The van der Waals surface area contributed by atoms with Crippen molar-refractivity contribution >= 4 is 0 Å². The molecule has 1 rings (SSSR count). The van der Waals surface area contributed by atoms with E-state index in [1.807, 2.05) is 6.92 Å². The van der Waals surface area contributed by atoms with E-state index in [-0.39, 0.29) is 5.41 Å². The van der Waals surface area contributed by atoms with Gasteiger partial charge in [-0.05, 0) is 31.1 Å². The molecular formula is C12H24FN. The predicted molar refractivity (Wildman–Crippen MR) is 58.6 cm³/mol. The largest absolute Gasteiger partial charge is 0.301 e. The van der Waals surface area contributed by atoms with Crippen molar-refractivity contribution in [1.29, 1.82) is 0 Å². The third kappa shape index (κ3) is 2.47. The molecule has 0 heterocycles. The smallest absolute Gasteiger partial charge is 0.154 e. The van der Waals surface area contributed by atoms with E-state index in [9.17, 15) is 4.39 Å². The van der Waals surface area contributed by atoms with Gasteiger partial charge >= 0.3 is 0 Å². The summed E-state index contributed by atoms with van der Waals surface area (Å²) in [6, 6.07) is 0. The van der Waals surface area contributed by atoms with Gasteiger partial charge in [0, 0.05) is 5.41 Å². The molecule has 1 saturated carbocycles. The van der Waals surface area contributed by atoms with Crippen LogP contribution in [0.4, 0.5) is 4.39 Å². The summed E-state index contributed by atoms with van der Waals surface area (Å²) >= 11 is 0. The molecule has 3 unspecified atom stereocenters. The molecule has 14 heavy (non-hydrogen) atoms. The average Bonchev–Trinajstić information content (AvgIpc) is 2.16. The molecule has 2 heteroatoms. The topological polar surface area (TPSA) is 26.0 Å². The molecule has 84 valence electrons. The quantitative estimate of drug-likeness (QED) is 0.695. The molecule has 0 spiro atoms. The number of hydrogen-bond donors (Lipinski definition) is 1. The van der Waals surface area contributed by atoms with Crippen LogP contribution in [0.5, 0.6) is 0 Å². The summed E-state index contributed by atoms with van der Waals surface area (Å²) in [7, 11) is 0. The highest BCUT2D eigenvalue weighted by atomic mass is 19.1. The van der Waals surface area contributed by atoms with Crippen molar-refractivity contribution < 1.29 is 4.39 Å². The first-order valence-corrected chi connectivity index (χ1v) is 5.91. The molecule has 0 aromatic carbocycles. The van der Waals surface area contributed by atoms with Gasteiger partial charge in [-0.1, -0.05) is 33.6 Å². The van der Waals surface area contributed by atoms with E-state index < -0.39 is 6.30 Å². The van der Waals surface area contributed by atoms with Crippen LogP contribution in [-0.2, 0) is 0 Å². The lowest BCUT2D eigenvalue weighted by Gasteiger charge is -2.42. The maximum atomic E-state index is 13.4. The van der Waals surface area contributed by atoms with E-state index >= 15 is 0 Å². The molecule has 0 radical (unpaired) electrons. The lowest BCUT2D eigenvalue weighted by Crippen LogP contribution is -2.42. The zero-order valence-corrected chi connectivity index (χ0v) is 9.72. The summed E-state index contributed by atoms with van der Waals surface area (Å²) in [4.78, 5) is 0. The summed E-state index contributed by atoms with van der Waals surface area (Å²) in [5.41, 5.74) is 5.20. The molecule has 0 aliphatic heterocycles. The van der Waals surface area contributed by atoms with Gasteiger partial charge in [-0.3, -0.25) is 0 Å². The second kappa shape index (κ2) is 4.61. The Balaban J connectivity index is 2.68. The van der Waals surface area contributed by atoms with E-state index in [1.54, 1.807) is 0 Å². The van der Waals surface area contributed by atoms with Crippen molar-refractivity contribution in [3.8, 4) is 0 Å². The number of rotatable bonds is 3. The van der Waals surface area contributed by atoms with Crippen LogP contribution in [0.3, 0.4) is 0 Å². The highest BCUT2D eigenvalue weighted by molar-refractivity contribution is 4.89. The molecule has 0 aromatic heterocycles. The molecule has 1 fully saturated rings. The number of halogens is 1. The average molecular weight is 201 g/mol. The van der Waals surface area contributed by atoms with Crippen LogP contribution in [-0.4, -0.2) is 6.30 Å². The fraction of sp³-hybridized carbons (Fsp3) is 1.00. The molecule has 0 aromatic rings. The molecular weight excluding hydrogens is 177 g/mol. The van der Waals surface area contributed by atoms with Crippen LogP contribution in [0, 0.1) is 17.3 Å². The van der Waals surface area contributed by atoms with Gasteiger partial charge in [0.2, 0.25) is 0 Å². The molecule has 1 nitrogen and oxygen atoms in total. The molecule has 1 aliphatic rings. The molecule has 1 aliphatic carbocycles. The van der Waals surface area contributed by atoms with E-state index in [4.69, 9.17) is 5.73 Å². The van der Waals surface area contributed by atoms with Gasteiger partial charge in [0.05, 0.1) is 0 Å². The Morgan fingerprint density at radius 1 is 1.29 bits per heavy atom. The Bertz CT molecular complexity index is 167. The van der Waals surface area contributed by atoms with Crippen molar-refractivity contribution in [2.75, 3.05) is 0 Å². The summed E-state index contributed by atoms with van der Waals surface area (Å²) < 4.78 is 13.4. The van der Waals surface area contributed by atoms with Crippen molar-refractivity contribution in [3.05, 3.63) is 0 Å². The minimum Gasteiger partial charge on any atom is -0.301 e. The molecule has 0 saturated heterocycles. The predicted octanol–water partition coefficient (Wildman–Crippen LogP) is 3.48. The zero-order chi connectivity index (χ0) is 10.8. The Labute approximate surface area is 87.3 Å². The molecule has 0 amide bonds. The number of hydrogen-bond acceptors (Lipinski definition) is 1. The van der Waals surface area contributed by atoms with Crippen molar-refractivity contribution in [2.45, 2.75) is 59.2 Å². The molecule has 3 atom stereocenters. The lowest BCUT2D eigenvalue weighted by atomic mass is 9.64. The fourth-order valence-corrected chi connectivity index (χ4v) is 2.89. The van der Waals surface area contributed by atoms with E-state index in [2.05, 4.69) is 13.8 Å². The maximum absolute atomic E-state index is 13.4. The molecule has 2 N–H and O–H groups in total. The van der Waals surface area contributed by atoms with Crippen molar-refractivity contribution in [1.82, 2.24) is 0 Å². The van der Waals surface area contributed by atoms with Crippen LogP contribution in [0.15, 0.2) is 0 Å². The number of nitrogens with two attached hydrogens (primary N) is 1. The Kier molecular flexibility index (Phi) is 3.94. The minimum atomic E-state index is -1.15. The fourth-order valence-electron chi connectivity index (χ4n) is 2.89. The highest BCUT2D eigenvalue weighted by Gasteiger charge is 2.40. The summed E-state index contributed by atoms with van der Waals surface area (Å²) in [6.07, 6.45) is 4.40. The highest BCUT2D eigenvalue weighted by Crippen LogP contribution is 2.46. The lowest BCUT2D eigenvalue weighted by molar-refractivity contribution is 0.0247. The van der Waals surface area contributed by atoms with Crippen LogP contribution in [0.25, 0.3) is 0 Å². The van der Waals surface area contributed by atoms with Crippen LogP contribution >= 0.6 is 0 Å². The van der Waals surface area contributed by atoms with Gasteiger partial charge in [-0.15, -0.1) is 0 Å². The van der Waals surface area contributed by atoms with Crippen molar-refractivity contribution in [2.24, 2.45) is 23.0 Å². The Morgan fingerprint density at radius 2 is 1.71 bits per heavy atom. The SMILES string of the molecule is CCC1CC(CC)CC(C)(C(N)F)C1. The standard InChI is InChI=1S/C12H24FN/c1-4-9-6-10(5-2)8-12(3,7-9)11(13)14/h9-11H,4-8,14H2,1-3H3. The van der Waals surface area contributed by atoms with Crippen LogP contribution < -0.4 is 5.73 Å². The maximum Gasteiger partial charge on any atom is 0.154 e. The van der Waals surface area contributed by atoms with E-state index in [0.29, 0.717) is 11.8 Å². The summed E-state index contributed by atoms with van der Waals surface area (Å²) in [5.74, 6) is 1.36. The van der Waals surface area contributed by atoms with Crippen LogP contribution in [0.1, 0.15) is 52.9 Å². The minimum absolute atomic E-state index is 0.264. The van der Waals surface area contributed by atoms with Gasteiger partial charge in [0.25, 0.3) is 0 Å². The second-order valence-electron chi connectivity index (χ2n) is 5.25. The van der Waals surface area contributed by atoms with E-state index in [1.165, 1.54) is 19.3 Å². The monoisotopic (exact) mass is 201 g/mol. The summed E-state index contributed by atoms with van der Waals surface area (Å²) in [6.45, 7) is 6.42. The number of alkyl halides is 1.